The minimum absolute atomic E-state index is 0.835. The fraction of sp³-hybridized carbons (Fsp3) is 0.308. The van der Waals surface area contributed by atoms with Crippen LogP contribution in [-0.4, -0.2) is 0 Å². The van der Waals surface area contributed by atoms with Gasteiger partial charge in [-0.05, 0) is 30.5 Å². The Morgan fingerprint density at radius 2 is 2.07 bits per heavy atom. The molecule has 0 amide bonds. The van der Waals surface area contributed by atoms with Crippen LogP contribution < -0.4 is 4.74 Å². The zero-order valence-electron chi connectivity index (χ0n) is 8.62. The van der Waals surface area contributed by atoms with Gasteiger partial charge in [-0.1, -0.05) is 37.8 Å². The Labute approximate surface area is 85.7 Å². The predicted molar refractivity (Wildman–Crippen MR) is 59.4 cm³/mol. The van der Waals surface area contributed by atoms with E-state index in [4.69, 9.17) is 4.74 Å². The molecule has 0 radical (unpaired) electrons. The molecular formula is C13H16O. The molecule has 1 rings (SSSR count). The van der Waals surface area contributed by atoms with E-state index in [0.29, 0.717) is 0 Å². The number of hydrogen-bond acceptors (Lipinski definition) is 1. The maximum atomic E-state index is 5.22. The van der Waals surface area contributed by atoms with Crippen LogP contribution in [0.2, 0.25) is 0 Å². The van der Waals surface area contributed by atoms with E-state index in [1.807, 2.05) is 12.1 Å². The SMILES string of the molecule is C=C=COc1ccc(CCCC)cc1. The summed E-state index contributed by atoms with van der Waals surface area (Å²) in [5.74, 6) is 0.835. The van der Waals surface area contributed by atoms with Crippen LogP contribution in [-0.2, 0) is 6.42 Å². The van der Waals surface area contributed by atoms with Gasteiger partial charge in [0.25, 0.3) is 0 Å². The van der Waals surface area contributed by atoms with Gasteiger partial charge in [-0.3, -0.25) is 0 Å². The molecule has 1 aromatic rings. The zero-order valence-corrected chi connectivity index (χ0v) is 8.62. The van der Waals surface area contributed by atoms with Gasteiger partial charge in [-0.25, -0.2) is 0 Å². The van der Waals surface area contributed by atoms with Crippen molar-refractivity contribution in [2.45, 2.75) is 26.2 Å². The molecule has 0 saturated heterocycles. The first-order valence-corrected chi connectivity index (χ1v) is 4.96. The van der Waals surface area contributed by atoms with Gasteiger partial charge in [0.1, 0.15) is 12.0 Å². The van der Waals surface area contributed by atoms with Gasteiger partial charge in [0, 0.05) is 0 Å². The molecule has 1 aromatic carbocycles. The van der Waals surface area contributed by atoms with Crippen LogP contribution in [0.25, 0.3) is 0 Å². The maximum Gasteiger partial charge on any atom is 0.133 e. The van der Waals surface area contributed by atoms with Crippen molar-refractivity contribution in [2.24, 2.45) is 0 Å². The number of hydrogen-bond donors (Lipinski definition) is 0. The molecule has 0 aliphatic rings. The van der Waals surface area contributed by atoms with Crippen LogP contribution in [0.1, 0.15) is 25.3 Å². The van der Waals surface area contributed by atoms with Gasteiger partial charge in [0.2, 0.25) is 0 Å². The van der Waals surface area contributed by atoms with Crippen LogP contribution in [0.15, 0.2) is 42.8 Å². The molecule has 0 spiro atoms. The Kier molecular flexibility index (Phi) is 4.60. The molecule has 1 nitrogen and oxygen atoms in total. The number of ether oxygens (including phenoxy) is 1. The fourth-order valence-electron chi connectivity index (χ4n) is 1.23. The van der Waals surface area contributed by atoms with Crippen molar-refractivity contribution in [3.8, 4) is 5.75 Å². The second-order valence-electron chi connectivity index (χ2n) is 3.19. The average molecular weight is 188 g/mol. The van der Waals surface area contributed by atoms with E-state index in [2.05, 4.69) is 31.4 Å². The third-order valence-electron chi connectivity index (χ3n) is 2.02. The highest BCUT2D eigenvalue weighted by Gasteiger charge is 1.93. The summed E-state index contributed by atoms with van der Waals surface area (Å²) in [6, 6.07) is 8.14. The molecule has 0 heterocycles. The summed E-state index contributed by atoms with van der Waals surface area (Å²) in [5, 5.41) is 0. The first-order chi connectivity index (χ1) is 6.86. The molecule has 0 atom stereocenters. The molecule has 0 aliphatic carbocycles. The van der Waals surface area contributed by atoms with Crippen molar-refractivity contribution in [3.63, 3.8) is 0 Å². The van der Waals surface area contributed by atoms with E-state index in [1.54, 1.807) is 0 Å². The lowest BCUT2D eigenvalue weighted by Crippen LogP contribution is -1.85. The Balaban J connectivity index is 2.54. The van der Waals surface area contributed by atoms with Crippen LogP contribution in [0, 0.1) is 0 Å². The van der Waals surface area contributed by atoms with Crippen LogP contribution in [0.5, 0.6) is 5.75 Å². The fourth-order valence-corrected chi connectivity index (χ4v) is 1.23. The largest absolute Gasteiger partial charge is 0.457 e. The lowest BCUT2D eigenvalue weighted by Gasteiger charge is -2.01. The van der Waals surface area contributed by atoms with E-state index in [9.17, 15) is 0 Å². The highest BCUT2D eigenvalue weighted by molar-refractivity contribution is 5.27. The first-order valence-electron chi connectivity index (χ1n) is 4.96. The molecule has 0 aromatic heterocycles. The van der Waals surface area contributed by atoms with Crippen molar-refractivity contribution in [3.05, 3.63) is 48.4 Å². The smallest absolute Gasteiger partial charge is 0.133 e. The lowest BCUT2D eigenvalue weighted by molar-refractivity contribution is 0.482. The van der Waals surface area contributed by atoms with Crippen LogP contribution in [0.4, 0.5) is 0 Å². The lowest BCUT2D eigenvalue weighted by atomic mass is 10.1. The van der Waals surface area contributed by atoms with Crippen molar-refractivity contribution in [1.82, 2.24) is 0 Å². The summed E-state index contributed by atoms with van der Waals surface area (Å²) < 4.78 is 5.22. The second-order valence-corrected chi connectivity index (χ2v) is 3.19. The Hall–Kier alpha value is -1.46. The minimum Gasteiger partial charge on any atom is -0.457 e. The Morgan fingerprint density at radius 3 is 2.64 bits per heavy atom. The van der Waals surface area contributed by atoms with Gasteiger partial charge in [0.15, 0.2) is 0 Å². The standard InChI is InChI=1S/C13H16O/c1-3-5-6-12-7-9-13(10-8-12)14-11-4-2/h7-11H,2-3,5-6H2,1H3. The highest BCUT2D eigenvalue weighted by Crippen LogP contribution is 2.13. The topological polar surface area (TPSA) is 9.23 Å². The normalized spacial score (nSPS) is 9.21. The summed E-state index contributed by atoms with van der Waals surface area (Å²) >= 11 is 0. The maximum absolute atomic E-state index is 5.22. The molecule has 0 bridgehead atoms. The summed E-state index contributed by atoms with van der Waals surface area (Å²) in [6.45, 7) is 5.63. The third kappa shape index (κ3) is 3.51. The van der Waals surface area contributed by atoms with E-state index in [1.165, 1.54) is 24.7 Å². The quantitative estimate of drug-likeness (QED) is 0.505. The van der Waals surface area contributed by atoms with Crippen molar-refractivity contribution in [2.75, 3.05) is 0 Å². The van der Waals surface area contributed by atoms with E-state index < -0.39 is 0 Å². The number of rotatable bonds is 5. The van der Waals surface area contributed by atoms with Crippen LogP contribution in [0.3, 0.4) is 0 Å². The van der Waals surface area contributed by atoms with Gasteiger partial charge in [-0.15, -0.1) is 0 Å². The highest BCUT2D eigenvalue weighted by atomic mass is 16.5. The monoisotopic (exact) mass is 188 g/mol. The molecule has 0 fully saturated rings. The van der Waals surface area contributed by atoms with Crippen molar-refractivity contribution in [1.29, 1.82) is 0 Å². The van der Waals surface area contributed by atoms with Gasteiger partial charge in [0.05, 0.1) is 0 Å². The molecule has 1 heteroatoms. The number of benzene rings is 1. The summed E-state index contributed by atoms with van der Waals surface area (Å²) in [5.41, 5.74) is 3.93. The van der Waals surface area contributed by atoms with Gasteiger partial charge < -0.3 is 4.74 Å². The molecule has 0 unspecified atom stereocenters. The Morgan fingerprint density at radius 1 is 1.36 bits per heavy atom. The van der Waals surface area contributed by atoms with E-state index in [-0.39, 0.29) is 0 Å². The zero-order chi connectivity index (χ0) is 10.2. The summed E-state index contributed by atoms with van der Waals surface area (Å²) in [4.78, 5) is 0. The van der Waals surface area contributed by atoms with Crippen LogP contribution >= 0.6 is 0 Å². The first kappa shape index (κ1) is 10.6. The summed E-state index contributed by atoms with van der Waals surface area (Å²) in [6.07, 6.45) is 5.08. The van der Waals surface area contributed by atoms with Crippen molar-refractivity contribution >= 4 is 0 Å². The van der Waals surface area contributed by atoms with Gasteiger partial charge in [-0.2, -0.15) is 0 Å². The number of aryl methyl sites for hydroxylation is 1. The molecule has 74 valence electrons. The van der Waals surface area contributed by atoms with E-state index >= 15 is 0 Å². The molecular weight excluding hydrogens is 172 g/mol. The molecule has 0 aliphatic heterocycles. The average Bonchev–Trinajstić information content (AvgIpc) is 2.25. The Bertz CT molecular complexity index is 305. The molecule has 14 heavy (non-hydrogen) atoms. The molecule has 0 saturated carbocycles. The van der Waals surface area contributed by atoms with Crippen molar-refractivity contribution < 1.29 is 4.74 Å². The molecule has 0 N–H and O–H groups in total. The second kappa shape index (κ2) is 6.06. The minimum atomic E-state index is 0.835. The van der Waals surface area contributed by atoms with E-state index in [0.717, 1.165) is 12.2 Å². The predicted octanol–water partition coefficient (Wildman–Crippen LogP) is 3.71. The van der Waals surface area contributed by atoms with Gasteiger partial charge >= 0.3 is 0 Å². The number of unbranched alkanes of at least 4 members (excludes halogenated alkanes) is 1. The third-order valence-corrected chi connectivity index (χ3v) is 2.02. The summed E-state index contributed by atoms with van der Waals surface area (Å²) in [7, 11) is 0.